The maximum atomic E-state index is 11.6. The summed E-state index contributed by atoms with van der Waals surface area (Å²) in [5.41, 5.74) is 0. The van der Waals surface area contributed by atoms with E-state index in [4.69, 9.17) is 4.74 Å². The van der Waals surface area contributed by atoms with Crippen LogP contribution < -0.4 is 0 Å². The normalized spacial score (nSPS) is 12.2. The molecule has 0 radical (unpaired) electrons. The molecule has 32 heavy (non-hydrogen) atoms. The molecular weight excluding hydrogens is 400 g/mol. The van der Waals surface area contributed by atoms with E-state index in [2.05, 4.69) is 25.7 Å². The lowest BCUT2D eigenvalue weighted by molar-refractivity contribution is -0.151. The molecule has 4 heteroatoms. The predicted octanol–water partition coefficient (Wildman–Crippen LogP) is 8.40. The molecule has 186 valence electrons. The Morgan fingerprint density at radius 1 is 0.781 bits per heavy atom. The molecule has 0 aliphatic heterocycles. The number of aliphatic carboxylic acids is 1. The first kappa shape index (κ1) is 30.4. The van der Waals surface area contributed by atoms with Gasteiger partial charge in [-0.2, -0.15) is 0 Å². The highest BCUT2D eigenvalue weighted by molar-refractivity contribution is 5.78. The number of carbonyl (C=O) groups is 2. The van der Waals surface area contributed by atoms with Crippen molar-refractivity contribution in [3.8, 4) is 0 Å². The van der Waals surface area contributed by atoms with Gasteiger partial charge in [0.1, 0.15) is 6.61 Å². The van der Waals surface area contributed by atoms with Gasteiger partial charge in [-0.25, -0.2) is 0 Å². The van der Waals surface area contributed by atoms with E-state index in [9.17, 15) is 14.7 Å². The van der Waals surface area contributed by atoms with Crippen LogP contribution in [0.3, 0.4) is 0 Å². The van der Waals surface area contributed by atoms with Gasteiger partial charge in [0.25, 0.3) is 0 Å². The molecule has 0 bridgehead atoms. The highest BCUT2D eigenvalue weighted by Gasteiger charge is 2.21. The molecule has 0 saturated carbocycles. The van der Waals surface area contributed by atoms with Gasteiger partial charge in [0.15, 0.2) is 0 Å². The molecule has 0 rings (SSSR count). The summed E-state index contributed by atoms with van der Waals surface area (Å²) in [5, 5.41) is 9.27. The largest absolute Gasteiger partial charge is 0.481 e. The number of carboxylic acid groups (broad SMARTS) is 1. The van der Waals surface area contributed by atoms with Gasteiger partial charge in [0, 0.05) is 0 Å². The number of ether oxygens (including phenoxy) is 1. The van der Waals surface area contributed by atoms with E-state index in [-0.39, 0.29) is 13.0 Å². The highest BCUT2D eigenvalue weighted by Crippen LogP contribution is 2.17. The Morgan fingerprint density at radius 3 is 1.72 bits per heavy atom. The highest BCUT2D eigenvalue weighted by atomic mass is 16.5. The third kappa shape index (κ3) is 21.6. The minimum atomic E-state index is -0.903. The molecule has 1 unspecified atom stereocenters. The van der Waals surface area contributed by atoms with Crippen LogP contribution in [0.15, 0.2) is 24.8 Å². The number of rotatable bonds is 24. The van der Waals surface area contributed by atoms with Crippen LogP contribution in [0.2, 0.25) is 0 Å². The van der Waals surface area contributed by atoms with Gasteiger partial charge in [0.2, 0.25) is 0 Å². The second-order valence-electron chi connectivity index (χ2n) is 9.00. The zero-order valence-electron chi connectivity index (χ0n) is 20.8. The van der Waals surface area contributed by atoms with Crippen LogP contribution in [-0.2, 0) is 14.3 Å². The molecule has 0 aromatic rings. The summed E-state index contributed by atoms with van der Waals surface area (Å²) in [6, 6.07) is 0. The number of esters is 1. The summed E-state index contributed by atoms with van der Waals surface area (Å²) >= 11 is 0. The Balaban J connectivity index is 3.40. The molecule has 1 N–H and O–H groups in total. The van der Waals surface area contributed by atoms with Crippen LogP contribution >= 0.6 is 0 Å². The average molecular weight is 451 g/mol. The number of carbonyl (C=O) groups excluding carboxylic acids is 1. The molecule has 0 spiro atoms. The summed E-state index contributed by atoms with van der Waals surface area (Å²) in [6.45, 7) is 5.87. The number of unbranched alkanes of at least 4 members (excludes halogenated alkanes) is 15. The lowest BCUT2D eigenvalue weighted by Gasteiger charge is -2.11. The third-order valence-corrected chi connectivity index (χ3v) is 5.94. The summed E-state index contributed by atoms with van der Waals surface area (Å²) < 4.78 is 4.89. The average Bonchev–Trinajstić information content (AvgIpc) is 2.78. The SMILES string of the molecule is C=CCOC(=O)CC(CCCCCCCCCCCCCCC/C=C/CCCC)C(=O)O. The number of hydrogen-bond donors (Lipinski definition) is 1. The predicted molar refractivity (Wildman–Crippen MR) is 135 cm³/mol. The van der Waals surface area contributed by atoms with Crippen LogP contribution in [0.4, 0.5) is 0 Å². The van der Waals surface area contributed by atoms with Gasteiger partial charge in [-0.1, -0.05) is 122 Å². The molecule has 0 aliphatic rings. The first-order valence-electron chi connectivity index (χ1n) is 13.3. The van der Waals surface area contributed by atoms with Crippen LogP contribution in [-0.4, -0.2) is 23.7 Å². The molecule has 4 nitrogen and oxygen atoms in total. The molecule has 0 heterocycles. The maximum absolute atomic E-state index is 11.6. The Kier molecular flexibility index (Phi) is 22.9. The van der Waals surface area contributed by atoms with Crippen LogP contribution in [0.1, 0.15) is 129 Å². The Morgan fingerprint density at radius 2 is 1.25 bits per heavy atom. The van der Waals surface area contributed by atoms with Crippen molar-refractivity contribution >= 4 is 11.9 Å². The molecule has 0 amide bonds. The van der Waals surface area contributed by atoms with Gasteiger partial charge in [-0.15, -0.1) is 0 Å². The van der Waals surface area contributed by atoms with Gasteiger partial charge in [0.05, 0.1) is 12.3 Å². The molecule has 0 aromatic heterocycles. The summed E-state index contributed by atoms with van der Waals surface area (Å²) in [5.74, 6) is -1.98. The molecule has 0 aromatic carbocycles. The fourth-order valence-corrected chi connectivity index (χ4v) is 3.88. The topological polar surface area (TPSA) is 63.6 Å². The van der Waals surface area contributed by atoms with Crippen LogP contribution in [0.25, 0.3) is 0 Å². The zero-order valence-corrected chi connectivity index (χ0v) is 20.8. The van der Waals surface area contributed by atoms with E-state index in [1.807, 2.05) is 0 Å². The Labute approximate surface area is 197 Å². The molecule has 0 fully saturated rings. The fourth-order valence-electron chi connectivity index (χ4n) is 3.88. The summed E-state index contributed by atoms with van der Waals surface area (Å²) in [4.78, 5) is 22.9. The molecule has 0 aliphatic carbocycles. The van der Waals surface area contributed by atoms with Crippen molar-refractivity contribution in [1.29, 1.82) is 0 Å². The van der Waals surface area contributed by atoms with Crippen LogP contribution in [0.5, 0.6) is 0 Å². The quantitative estimate of drug-likeness (QED) is 0.0910. The van der Waals surface area contributed by atoms with Crippen molar-refractivity contribution in [2.45, 2.75) is 129 Å². The standard InChI is InChI=1S/C28H50O4/c1-3-5-6-7-8-9-10-11-12-13-14-15-16-17-18-19-20-21-22-23-26(28(30)31)25-27(29)32-24-4-2/h4,7-8,26H,2-3,5-6,9-25H2,1H3,(H,30,31)/b8-7+. The maximum Gasteiger partial charge on any atom is 0.307 e. The first-order chi connectivity index (χ1) is 15.6. The fraction of sp³-hybridized carbons (Fsp3) is 0.786. The van der Waals surface area contributed by atoms with E-state index < -0.39 is 17.9 Å². The Hall–Kier alpha value is -1.58. The van der Waals surface area contributed by atoms with E-state index in [0.29, 0.717) is 6.42 Å². The van der Waals surface area contributed by atoms with E-state index in [0.717, 1.165) is 19.3 Å². The van der Waals surface area contributed by atoms with Gasteiger partial charge >= 0.3 is 11.9 Å². The third-order valence-electron chi connectivity index (χ3n) is 5.94. The lowest BCUT2D eigenvalue weighted by atomic mass is 9.97. The van der Waals surface area contributed by atoms with Crippen molar-refractivity contribution in [1.82, 2.24) is 0 Å². The van der Waals surface area contributed by atoms with Crippen LogP contribution in [0, 0.1) is 5.92 Å². The number of hydrogen-bond acceptors (Lipinski definition) is 3. The Bertz CT molecular complexity index is 484. The molecule has 0 saturated heterocycles. The lowest BCUT2D eigenvalue weighted by Crippen LogP contribution is -2.19. The van der Waals surface area contributed by atoms with Gasteiger partial charge in [-0.3, -0.25) is 9.59 Å². The second-order valence-corrected chi connectivity index (χ2v) is 9.00. The van der Waals surface area contributed by atoms with Gasteiger partial charge < -0.3 is 9.84 Å². The molecule has 1 atom stereocenters. The zero-order chi connectivity index (χ0) is 23.7. The molecular formula is C28H50O4. The number of allylic oxidation sites excluding steroid dienone is 2. The first-order valence-corrected chi connectivity index (χ1v) is 13.3. The van der Waals surface area contributed by atoms with E-state index >= 15 is 0 Å². The summed E-state index contributed by atoms with van der Waals surface area (Å²) in [6.07, 6.45) is 28.2. The van der Waals surface area contributed by atoms with E-state index in [1.165, 1.54) is 96.0 Å². The smallest absolute Gasteiger partial charge is 0.307 e. The van der Waals surface area contributed by atoms with Crippen molar-refractivity contribution in [3.05, 3.63) is 24.8 Å². The van der Waals surface area contributed by atoms with Crippen molar-refractivity contribution in [3.63, 3.8) is 0 Å². The monoisotopic (exact) mass is 450 g/mol. The van der Waals surface area contributed by atoms with Crippen molar-refractivity contribution in [2.75, 3.05) is 6.61 Å². The van der Waals surface area contributed by atoms with Crippen molar-refractivity contribution < 1.29 is 19.4 Å². The van der Waals surface area contributed by atoms with Gasteiger partial charge in [-0.05, 0) is 25.7 Å². The van der Waals surface area contributed by atoms with E-state index in [1.54, 1.807) is 0 Å². The summed E-state index contributed by atoms with van der Waals surface area (Å²) in [7, 11) is 0. The second kappa shape index (κ2) is 24.1. The minimum absolute atomic E-state index is 0.0424. The minimum Gasteiger partial charge on any atom is -0.481 e. The number of carboxylic acids is 1. The van der Waals surface area contributed by atoms with Crippen molar-refractivity contribution in [2.24, 2.45) is 5.92 Å².